The number of nitriles is 1. The summed E-state index contributed by atoms with van der Waals surface area (Å²) in [7, 11) is 0. The Morgan fingerprint density at radius 3 is 2.78 bits per heavy atom. The highest BCUT2D eigenvalue weighted by atomic mass is 35.5. The van der Waals surface area contributed by atoms with Crippen molar-refractivity contribution in [2.24, 2.45) is 0 Å². The van der Waals surface area contributed by atoms with Crippen LogP contribution in [0.25, 0.3) is 16.3 Å². The average molecular weight is 414 g/mol. The van der Waals surface area contributed by atoms with Crippen molar-refractivity contribution < 1.29 is 4.79 Å². The maximum absolute atomic E-state index is 13.1. The van der Waals surface area contributed by atoms with Gasteiger partial charge in [0.2, 0.25) is 0 Å². The molecule has 0 saturated heterocycles. The number of amides is 1. The monoisotopic (exact) mass is 413 g/mol. The van der Waals surface area contributed by atoms with E-state index in [1.165, 1.54) is 11.3 Å². The van der Waals surface area contributed by atoms with Crippen molar-refractivity contribution in [3.8, 4) is 6.07 Å². The Bertz CT molecular complexity index is 1140. The lowest BCUT2D eigenvalue weighted by molar-refractivity contribution is -0.115. The molecule has 1 amide bonds. The van der Waals surface area contributed by atoms with Gasteiger partial charge in [0.1, 0.15) is 11.6 Å². The molecule has 1 heterocycles. The summed E-state index contributed by atoms with van der Waals surface area (Å²) in [6.07, 6.45) is 1.56. The van der Waals surface area contributed by atoms with E-state index in [1.807, 2.05) is 38.1 Å². The van der Waals surface area contributed by atoms with E-state index in [1.54, 1.807) is 35.2 Å². The van der Waals surface area contributed by atoms with E-state index in [-0.39, 0.29) is 17.5 Å². The van der Waals surface area contributed by atoms with Gasteiger partial charge in [0.05, 0.1) is 10.2 Å². The number of nitrogens with zero attached hydrogens (tertiary/aromatic N) is 2. The molecule has 2 aromatic carbocycles. The Morgan fingerprint density at radius 1 is 1.33 bits per heavy atom. The number of fused-ring (bicyclic) bond motifs is 1. The first kappa shape index (κ1) is 19.3. The lowest BCUT2D eigenvalue weighted by atomic mass is 10.1. The Hall–Kier alpha value is -2.46. The largest absolute Gasteiger partial charge is 0.337 e. The van der Waals surface area contributed by atoms with Crippen LogP contribution in [0.1, 0.15) is 19.4 Å². The van der Waals surface area contributed by atoms with Crippen LogP contribution in [0.4, 0.5) is 5.69 Å². The molecule has 1 N–H and O–H groups in total. The minimum Gasteiger partial charge on any atom is -0.337 e. The number of aromatic amines is 1. The third-order valence-electron chi connectivity index (χ3n) is 3.93. The minimum absolute atomic E-state index is 0.0489. The van der Waals surface area contributed by atoms with Gasteiger partial charge >= 0.3 is 0 Å². The Morgan fingerprint density at radius 2 is 2.11 bits per heavy atom. The third-order valence-corrected chi connectivity index (χ3v) is 5.36. The van der Waals surface area contributed by atoms with E-state index in [4.69, 9.17) is 23.8 Å². The molecule has 0 atom stereocenters. The highest BCUT2D eigenvalue weighted by molar-refractivity contribution is 7.73. The first-order chi connectivity index (χ1) is 12.9. The first-order valence-electron chi connectivity index (χ1n) is 8.23. The average Bonchev–Trinajstić information content (AvgIpc) is 2.98. The maximum Gasteiger partial charge on any atom is 0.269 e. The summed E-state index contributed by atoms with van der Waals surface area (Å²) in [5.41, 5.74) is 2.41. The van der Waals surface area contributed by atoms with Crippen LogP contribution >= 0.6 is 35.2 Å². The number of carbonyl (C=O) groups is 1. The molecular formula is C20H16ClN3OS2. The van der Waals surface area contributed by atoms with Gasteiger partial charge in [-0.1, -0.05) is 23.7 Å². The van der Waals surface area contributed by atoms with Crippen molar-refractivity contribution in [2.45, 2.75) is 19.9 Å². The summed E-state index contributed by atoms with van der Waals surface area (Å²) in [6, 6.07) is 14.6. The lowest BCUT2D eigenvalue weighted by Gasteiger charge is -2.26. The number of anilines is 1. The van der Waals surface area contributed by atoms with Crippen molar-refractivity contribution in [1.82, 2.24) is 4.98 Å². The number of H-pyrrole nitrogens is 1. The second-order valence-electron chi connectivity index (χ2n) is 6.19. The molecule has 0 aliphatic heterocycles. The van der Waals surface area contributed by atoms with Gasteiger partial charge in [0.25, 0.3) is 5.91 Å². The van der Waals surface area contributed by atoms with E-state index in [0.717, 1.165) is 15.9 Å². The number of halogens is 1. The van der Waals surface area contributed by atoms with Crippen molar-refractivity contribution >= 4 is 63.0 Å². The third kappa shape index (κ3) is 4.28. The molecule has 7 heteroatoms. The van der Waals surface area contributed by atoms with Gasteiger partial charge in [-0.2, -0.15) is 5.26 Å². The van der Waals surface area contributed by atoms with Crippen LogP contribution in [-0.4, -0.2) is 16.9 Å². The van der Waals surface area contributed by atoms with Crippen molar-refractivity contribution in [2.75, 3.05) is 4.90 Å². The van der Waals surface area contributed by atoms with Gasteiger partial charge in [-0.05, 0) is 68.0 Å². The highest BCUT2D eigenvalue weighted by Gasteiger charge is 2.23. The van der Waals surface area contributed by atoms with Crippen molar-refractivity contribution in [3.63, 3.8) is 0 Å². The molecule has 0 saturated carbocycles. The second-order valence-corrected chi connectivity index (χ2v) is 8.34. The fraction of sp³-hybridized carbons (Fsp3) is 0.150. The number of hydrogen-bond acceptors (Lipinski definition) is 4. The molecule has 1 aromatic heterocycles. The smallest absolute Gasteiger partial charge is 0.269 e. The molecule has 0 aliphatic rings. The summed E-state index contributed by atoms with van der Waals surface area (Å²) in [5, 5.41) is 10.1. The quantitative estimate of drug-likeness (QED) is 0.326. The number of thiazole rings is 1. The topological polar surface area (TPSA) is 59.9 Å². The lowest BCUT2D eigenvalue weighted by Crippen LogP contribution is -2.37. The van der Waals surface area contributed by atoms with Crippen LogP contribution in [0.2, 0.25) is 5.02 Å². The SMILES string of the molecule is CC(C)N(C(=O)/C(C#N)=C/c1cccc(Cl)c1)c1ccc2[nH]c(=S)sc2c1. The fourth-order valence-electron chi connectivity index (χ4n) is 2.77. The predicted molar refractivity (Wildman–Crippen MR) is 115 cm³/mol. The van der Waals surface area contributed by atoms with Gasteiger partial charge in [0.15, 0.2) is 3.95 Å². The summed E-state index contributed by atoms with van der Waals surface area (Å²) < 4.78 is 1.65. The molecule has 0 fully saturated rings. The summed E-state index contributed by atoms with van der Waals surface area (Å²) >= 11 is 12.6. The van der Waals surface area contributed by atoms with Gasteiger partial charge in [0, 0.05) is 16.8 Å². The van der Waals surface area contributed by atoms with Gasteiger partial charge < -0.3 is 9.88 Å². The Balaban J connectivity index is 2.03. The zero-order valence-electron chi connectivity index (χ0n) is 14.7. The standard InChI is InChI=1S/C20H16ClN3OS2/c1-12(2)24(16-6-7-17-18(10-16)27-20(26)23-17)19(25)14(11-22)8-13-4-3-5-15(21)9-13/h3-10,12H,1-2H3,(H,23,26)/b14-8+. The van der Waals surface area contributed by atoms with E-state index in [9.17, 15) is 10.1 Å². The van der Waals surface area contributed by atoms with Crippen molar-refractivity contribution in [1.29, 1.82) is 5.26 Å². The minimum atomic E-state index is -0.356. The molecule has 0 bridgehead atoms. The molecule has 136 valence electrons. The van der Waals surface area contributed by atoms with E-state index in [2.05, 4.69) is 4.98 Å². The Labute approximate surface area is 171 Å². The highest BCUT2D eigenvalue weighted by Crippen LogP contribution is 2.28. The zero-order chi connectivity index (χ0) is 19.6. The van der Waals surface area contributed by atoms with Crippen LogP contribution in [0.15, 0.2) is 48.0 Å². The molecule has 0 unspecified atom stereocenters. The number of hydrogen-bond donors (Lipinski definition) is 1. The molecule has 4 nitrogen and oxygen atoms in total. The van der Waals surface area contributed by atoms with E-state index < -0.39 is 0 Å². The number of nitrogens with one attached hydrogen (secondary N) is 1. The predicted octanol–water partition coefficient (Wildman–Crippen LogP) is 5.96. The normalized spacial score (nSPS) is 11.6. The van der Waals surface area contributed by atoms with Crippen LogP contribution in [0.5, 0.6) is 0 Å². The summed E-state index contributed by atoms with van der Waals surface area (Å²) in [4.78, 5) is 17.8. The summed E-state index contributed by atoms with van der Waals surface area (Å²) in [6.45, 7) is 3.82. The van der Waals surface area contributed by atoms with Gasteiger partial charge in [-0.25, -0.2) is 0 Å². The molecular weight excluding hydrogens is 398 g/mol. The van der Waals surface area contributed by atoms with Crippen LogP contribution in [-0.2, 0) is 4.79 Å². The molecule has 0 spiro atoms. The fourth-order valence-corrected chi connectivity index (χ4v) is 4.12. The molecule has 0 radical (unpaired) electrons. The zero-order valence-corrected chi connectivity index (χ0v) is 17.1. The first-order valence-corrected chi connectivity index (χ1v) is 9.83. The van der Waals surface area contributed by atoms with Crippen LogP contribution in [0.3, 0.4) is 0 Å². The number of aromatic nitrogens is 1. The van der Waals surface area contributed by atoms with E-state index >= 15 is 0 Å². The van der Waals surface area contributed by atoms with Crippen LogP contribution < -0.4 is 4.90 Å². The molecule has 27 heavy (non-hydrogen) atoms. The second kappa shape index (κ2) is 8.05. The summed E-state index contributed by atoms with van der Waals surface area (Å²) in [5.74, 6) is -0.356. The molecule has 3 aromatic rings. The maximum atomic E-state index is 13.1. The molecule has 0 aliphatic carbocycles. The van der Waals surface area contributed by atoms with Crippen LogP contribution in [0, 0.1) is 15.3 Å². The molecule has 3 rings (SSSR count). The number of benzene rings is 2. The van der Waals surface area contributed by atoms with Gasteiger partial charge in [-0.15, -0.1) is 11.3 Å². The van der Waals surface area contributed by atoms with E-state index in [0.29, 0.717) is 14.5 Å². The number of rotatable bonds is 4. The number of carbonyl (C=O) groups excluding carboxylic acids is 1. The Kier molecular flexibility index (Phi) is 5.76. The van der Waals surface area contributed by atoms with Crippen molar-refractivity contribution in [3.05, 3.63) is 62.6 Å². The van der Waals surface area contributed by atoms with Gasteiger partial charge in [-0.3, -0.25) is 4.79 Å².